The van der Waals surface area contributed by atoms with Gasteiger partial charge in [0, 0.05) is 26.2 Å². The van der Waals surface area contributed by atoms with E-state index in [0.717, 1.165) is 4.31 Å². The number of hydrogen-bond donors (Lipinski definition) is 2. The quantitative estimate of drug-likeness (QED) is 0.606. The van der Waals surface area contributed by atoms with E-state index in [0.29, 0.717) is 24.5 Å². The van der Waals surface area contributed by atoms with Gasteiger partial charge in [0.1, 0.15) is 11.9 Å². The molecule has 160 valence electrons. The van der Waals surface area contributed by atoms with Gasteiger partial charge >= 0.3 is 6.09 Å². The third-order valence-corrected chi connectivity index (χ3v) is 6.11. The predicted octanol–water partition coefficient (Wildman–Crippen LogP) is -0.00270. The van der Waals surface area contributed by atoms with Gasteiger partial charge in [0.15, 0.2) is 0 Å². The molecule has 1 aromatic rings. The number of ether oxygens (including phenoxy) is 2. The van der Waals surface area contributed by atoms with Crippen molar-refractivity contribution in [3.63, 3.8) is 0 Å². The topological polar surface area (TPSA) is 117 Å². The molecule has 2 saturated heterocycles. The Morgan fingerprint density at radius 2 is 2.07 bits per heavy atom. The van der Waals surface area contributed by atoms with Crippen molar-refractivity contribution in [1.29, 1.82) is 0 Å². The van der Waals surface area contributed by atoms with Crippen molar-refractivity contribution in [2.75, 3.05) is 56.2 Å². The van der Waals surface area contributed by atoms with Crippen LogP contribution in [0.4, 0.5) is 20.6 Å². The molecule has 0 saturated carbocycles. The van der Waals surface area contributed by atoms with Crippen molar-refractivity contribution >= 4 is 45.1 Å². The van der Waals surface area contributed by atoms with Gasteiger partial charge in [-0.3, -0.25) is 4.90 Å². The van der Waals surface area contributed by atoms with Gasteiger partial charge < -0.3 is 19.7 Å². The largest absolute Gasteiger partial charge is 0.474 e. The Hall–Kier alpha value is -2.22. The molecule has 2 heterocycles. The van der Waals surface area contributed by atoms with E-state index in [-0.39, 0.29) is 31.4 Å². The van der Waals surface area contributed by atoms with E-state index in [1.165, 1.54) is 18.1 Å². The normalized spacial score (nSPS) is 20.5. The Labute approximate surface area is 173 Å². The Balaban J connectivity index is 1.64. The fourth-order valence-corrected chi connectivity index (χ4v) is 3.97. The highest BCUT2D eigenvalue weighted by Gasteiger charge is 2.33. The van der Waals surface area contributed by atoms with E-state index < -0.39 is 28.2 Å². The monoisotopic (exact) mass is 447 g/mol. The highest BCUT2D eigenvalue weighted by molar-refractivity contribution is 7.86. The lowest BCUT2D eigenvalue weighted by molar-refractivity contribution is 0.142. The Morgan fingerprint density at radius 3 is 2.66 bits per heavy atom. The van der Waals surface area contributed by atoms with Gasteiger partial charge in [0.2, 0.25) is 0 Å². The molecule has 3 N–H and O–H groups in total. The molecular formula is C16H22FN5O5S2. The highest BCUT2D eigenvalue weighted by Crippen LogP contribution is 2.28. The number of anilines is 2. The van der Waals surface area contributed by atoms with Gasteiger partial charge in [-0.1, -0.05) is 0 Å². The minimum atomic E-state index is -3.75. The number of nitrogens with one attached hydrogen (secondary N) is 1. The van der Waals surface area contributed by atoms with Crippen LogP contribution >= 0.6 is 12.2 Å². The van der Waals surface area contributed by atoms with Crippen LogP contribution in [0.25, 0.3) is 0 Å². The number of amides is 1. The van der Waals surface area contributed by atoms with Crippen LogP contribution in [-0.2, 0) is 19.7 Å². The Bertz CT molecular complexity index is 892. The summed E-state index contributed by atoms with van der Waals surface area (Å²) < 4.78 is 48.7. The number of rotatable bonds is 5. The SMILES string of the molecule is COC(=S)NCC1CN(c2ccc(N3CCN(S(N)(=O)=O)CC3)c(F)c2)C(=O)O1. The van der Waals surface area contributed by atoms with Crippen LogP contribution < -0.4 is 20.3 Å². The van der Waals surface area contributed by atoms with Gasteiger partial charge in [-0.15, -0.1) is 0 Å². The fraction of sp³-hybridized carbons (Fsp3) is 0.500. The van der Waals surface area contributed by atoms with Crippen LogP contribution in [-0.4, -0.2) is 76.5 Å². The molecule has 1 aromatic carbocycles. The molecule has 0 aliphatic carbocycles. The molecule has 2 aliphatic heterocycles. The third-order valence-electron chi connectivity index (χ3n) is 4.72. The first-order valence-electron chi connectivity index (χ1n) is 8.81. The standard InChI is InChI=1S/C16H22FN5O5S2/c1-26-15(28)19-9-12-10-22(16(23)27-12)11-2-3-14(13(17)8-11)20-4-6-21(7-5-20)29(18,24)25/h2-3,8,12H,4-7,9-10H2,1H3,(H,19,28)(H2,18,24,25). The van der Waals surface area contributed by atoms with Crippen LogP contribution in [0, 0.1) is 5.82 Å². The first-order chi connectivity index (χ1) is 13.7. The molecule has 29 heavy (non-hydrogen) atoms. The van der Waals surface area contributed by atoms with E-state index in [9.17, 15) is 17.6 Å². The minimum absolute atomic E-state index is 0.177. The molecule has 0 spiro atoms. The molecule has 2 fully saturated rings. The summed E-state index contributed by atoms with van der Waals surface area (Å²) in [6.45, 7) is 1.50. The number of nitrogens with zero attached hydrogens (tertiary/aromatic N) is 3. The van der Waals surface area contributed by atoms with Gasteiger partial charge in [-0.25, -0.2) is 14.3 Å². The minimum Gasteiger partial charge on any atom is -0.474 e. The van der Waals surface area contributed by atoms with Crippen LogP contribution in [0.1, 0.15) is 0 Å². The van der Waals surface area contributed by atoms with Crippen molar-refractivity contribution in [3.8, 4) is 0 Å². The molecule has 0 aromatic heterocycles. The maximum Gasteiger partial charge on any atom is 0.414 e. The first kappa shape index (κ1) is 21.5. The van der Waals surface area contributed by atoms with Crippen LogP contribution in [0.15, 0.2) is 18.2 Å². The number of piperazine rings is 1. The molecular weight excluding hydrogens is 425 g/mol. The molecule has 0 radical (unpaired) electrons. The van der Waals surface area contributed by atoms with Gasteiger partial charge in [-0.05, 0) is 30.4 Å². The molecule has 10 nitrogen and oxygen atoms in total. The Kier molecular flexibility index (Phi) is 6.41. The molecule has 1 atom stereocenters. The number of carbonyl (C=O) groups excluding carboxylic acids is 1. The van der Waals surface area contributed by atoms with E-state index in [1.807, 2.05) is 0 Å². The van der Waals surface area contributed by atoms with Crippen LogP contribution in [0.5, 0.6) is 0 Å². The average Bonchev–Trinajstić information content (AvgIpc) is 3.06. The number of hydrogen-bond acceptors (Lipinski definition) is 7. The number of benzene rings is 1. The number of thiocarbonyl (C=S) groups is 1. The Morgan fingerprint density at radius 1 is 1.38 bits per heavy atom. The van der Waals surface area contributed by atoms with Gasteiger partial charge in [-0.2, -0.15) is 12.7 Å². The zero-order valence-corrected chi connectivity index (χ0v) is 17.3. The molecule has 13 heteroatoms. The van der Waals surface area contributed by atoms with Gasteiger partial charge in [0.25, 0.3) is 15.4 Å². The molecule has 1 unspecified atom stereocenters. The summed E-state index contributed by atoms with van der Waals surface area (Å²) in [4.78, 5) is 15.2. The first-order valence-corrected chi connectivity index (χ1v) is 10.7. The summed E-state index contributed by atoms with van der Waals surface area (Å²) in [5, 5.41) is 8.13. The molecule has 1 amide bonds. The van der Waals surface area contributed by atoms with E-state index in [4.69, 9.17) is 26.8 Å². The maximum atomic E-state index is 14.7. The number of nitrogens with two attached hydrogens (primary N) is 1. The van der Waals surface area contributed by atoms with Crippen molar-refractivity contribution in [2.45, 2.75) is 6.10 Å². The third kappa shape index (κ3) is 5.04. The average molecular weight is 448 g/mol. The van der Waals surface area contributed by atoms with E-state index in [2.05, 4.69) is 5.32 Å². The van der Waals surface area contributed by atoms with Crippen molar-refractivity contribution in [1.82, 2.24) is 9.62 Å². The maximum absolute atomic E-state index is 14.7. The number of halogens is 1. The lowest BCUT2D eigenvalue weighted by Gasteiger charge is -2.34. The number of methoxy groups -OCH3 is 1. The van der Waals surface area contributed by atoms with E-state index >= 15 is 0 Å². The summed E-state index contributed by atoms with van der Waals surface area (Å²) in [6.07, 6.45) is -1.03. The highest BCUT2D eigenvalue weighted by atomic mass is 32.2. The zero-order valence-electron chi connectivity index (χ0n) is 15.7. The second-order valence-corrected chi connectivity index (χ2v) is 8.47. The number of carbonyl (C=O) groups is 1. The van der Waals surface area contributed by atoms with Crippen LogP contribution in [0.3, 0.4) is 0 Å². The summed E-state index contributed by atoms with van der Waals surface area (Å²) in [5.74, 6) is -0.513. The zero-order chi connectivity index (χ0) is 21.2. The summed E-state index contributed by atoms with van der Waals surface area (Å²) in [5.41, 5.74) is 0.704. The van der Waals surface area contributed by atoms with Gasteiger partial charge in [0.05, 0.1) is 31.6 Å². The van der Waals surface area contributed by atoms with Crippen molar-refractivity contribution in [2.24, 2.45) is 5.14 Å². The molecule has 2 aliphatic rings. The number of cyclic esters (lactones) is 1. The summed E-state index contributed by atoms with van der Waals surface area (Å²) in [6, 6.07) is 4.45. The fourth-order valence-electron chi connectivity index (χ4n) is 3.21. The van der Waals surface area contributed by atoms with Crippen molar-refractivity contribution < 1.29 is 27.1 Å². The lowest BCUT2D eigenvalue weighted by Crippen LogP contribution is -2.50. The second-order valence-electron chi connectivity index (χ2n) is 6.56. The second kappa shape index (κ2) is 8.65. The summed E-state index contributed by atoms with van der Waals surface area (Å²) >= 11 is 4.88. The predicted molar refractivity (Wildman–Crippen MR) is 109 cm³/mol. The summed E-state index contributed by atoms with van der Waals surface area (Å²) in [7, 11) is -2.32. The molecule has 3 rings (SSSR count). The van der Waals surface area contributed by atoms with Crippen molar-refractivity contribution in [3.05, 3.63) is 24.0 Å². The molecule has 0 bridgehead atoms. The smallest absolute Gasteiger partial charge is 0.414 e. The lowest BCUT2D eigenvalue weighted by atomic mass is 10.2. The van der Waals surface area contributed by atoms with E-state index in [1.54, 1.807) is 17.0 Å². The van der Waals surface area contributed by atoms with Crippen LogP contribution in [0.2, 0.25) is 0 Å².